The zero-order valence-electron chi connectivity index (χ0n) is 11.7. The van der Waals surface area contributed by atoms with Crippen LogP contribution in [0.5, 0.6) is 0 Å². The molecule has 7 heteroatoms. The van der Waals surface area contributed by atoms with E-state index in [1.165, 1.54) is 0 Å². The van der Waals surface area contributed by atoms with Crippen LogP contribution in [0.25, 0.3) is 0 Å². The van der Waals surface area contributed by atoms with Gasteiger partial charge in [-0.25, -0.2) is 18.5 Å². The topological polar surface area (TPSA) is 102 Å². The zero-order chi connectivity index (χ0) is 14.3. The molecule has 0 aromatic carbocycles. The second kappa shape index (κ2) is 4.86. The lowest BCUT2D eigenvalue weighted by Gasteiger charge is -2.36. The fourth-order valence-corrected chi connectivity index (χ4v) is 3.20. The van der Waals surface area contributed by atoms with E-state index in [-0.39, 0.29) is 11.1 Å². The minimum Gasteiger partial charge on any atom is -0.262 e. The Labute approximate surface area is 114 Å². The van der Waals surface area contributed by atoms with E-state index in [0.717, 1.165) is 25.7 Å². The molecular weight excluding hydrogens is 264 g/mol. The molecule has 1 heterocycles. The van der Waals surface area contributed by atoms with E-state index < -0.39 is 10.0 Å². The van der Waals surface area contributed by atoms with Crippen molar-refractivity contribution in [2.75, 3.05) is 0 Å². The van der Waals surface area contributed by atoms with Crippen molar-refractivity contribution in [3.05, 3.63) is 5.82 Å². The number of hydrogen-bond donors (Lipinski definition) is 2. The number of nitrogens with zero attached hydrogens (tertiary/aromatic N) is 2. The first kappa shape index (κ1) is 14.5. The van der Waals surface area contributed by atoms with Crippen LogP contribution in [0.4, 0.5) is 0 Å². The lowest BCUT2D eigenvalue weighted by molar-refractivity contribution is 0.167. The minimum atomic E-state index is -3.81. The molecule has 1 aromatic rings. The first-order valence-corrected chi connectivity index (χ1v) is 8.17. The Bertz CT molecular complexity index is 536. The van der Waals surface area contributed by atoms with Crippen LogP contribution in [-0.2, 0) is 10.0 Å². The number of H-pyrrole nitrogens is 1. The normalized spacial score (nSPS) is 25.5. The Kier molecular flexibility index (Phi) is 3.70. The molecule has 108 valence electrons. The summed E-state index contributed by atoms with van der Waals surface area (Å²) in [6.45, 7) is 6.81. The van der Waals surface area contributed by atoms with Gasteiger partial charge in [-0.05, 0) is 37.0 Å². The predicted molar refractivity (Wildman–Crippen MR) is 71.9 cm³/mol. The minimum absolute atomic E-state index is 0.265. The van der Waals surface area contributed by atoms with Gasteiger partial charge in [-0.3, -0.25) is 5.10 Å². The number of nitrogens with one attached hydrogen (secondary N) is 1. The van der Waals surface area contributed by atoms with Crippen LogP contribution in [-0.4, -0.2) is 23.6 Å². The maximum atomic E-state index is 11.1. The third-order valence-electron chi connectivity index (χ3n) is 4.08. The molecule has 2 rings (SSSR count). The van der Waals surface area contributed by atoms with Gasteiger partial charge in [0.15, 0.2) is 0 Å². The van der Waals surface area contributed by atoms with Crippen molar-refractivity contribution in [2.24, 2.45) is 16.5 Å². The standard InChI is InChI=1S/C12H22N4O2S/c1-12(2,3)9-6-4-8(5-7-9)10-14-11(16-15-10)19(13,17)18/h8-9H,4-7H2,1-3H3,(H2,13,17,18)(H,14,15,16). The highest BCUT2D eigenvalue weighted by Gasteiger charge is 2.31. The van der Waals surface area contributed by atoms with Crippen LogP contribution in [0, 0.1) is 11.3 Å². The lowest BCUT2D eigenvalue weighted by Crippen LogP contribution is -2.25. The van der Waals surface area contributed by atoms with E-state index in [9.17, 15) is 8.42 Å². The molecule has 0 atom stereocenters. The van der Waals surface area contributed by atoms with Crippen LogP contribution in [0.15, 0.2) is 5.16 Å². The summed E-state index contributed by atoms with van der Waals surface area (Å²) in [6, 6.07) is 0. The van der Waals surface area contributed by atoms with Gasteiger partial charge in [0.2, 0.25) is 0 Å². The predicted octanol–water partition coefficient (Wildman–Crippen LogP) is 1.77. The summed E-state index contributed by atoms with van der Waals surface area (Å²) in [7, 11) is -3.81. The summed E-state index contributed by atoms with van der Waals surface area (Å²) < 4.78 is 22.3. The number of primary sulfonamides is 1. The SMILES string of the molecule is CC(C)(C)C1CCC(c2nc(S(N)(=O)=O)n[nH]2)CC1. The molecule has 0 saturated heterocycles. The molecule has 0 aliphatic heterocycles. The molecule has 0 amide bonds. The summed E-state index contributed by atoms with van der Waals surface area (Å²) >= 11 is 0. The third-order valence-corrected chi connectivity index (χ3v) is 4.77. The molecule has 0 radical (unpaired) electrons. The van der Waals surface area contributed by atoms with Gasteiger partial charge in [-0.15, -0.1) is 5.10 Å². The molecule has 19 heavy (non-hydrogen) atoms. The van der Waals surface area contributed by atoms with Gasteiger partial charge < -0.3 is 0 Å². The number of aromatic nitrogens is 3. The van der Waals surface area contributed by atoms with Crippen molar-refractivity contribution in [1.82, 2.24) is 15.2 Å². The second-order valence-corrected chi connectivity index (χ2v) is 7.92. The molecule has 0 bridgehead atoms. The summed E-state index contributed by atoms with van der Waals surface area (Å²) in [6.07, 6.45) is 4.31. The van der Waals surface area contributed by atoms with E-state index in [1.807, 2.05) is 0 Å². The molecular formula is C12H22N4O2S. The van der Waals surface area contributed by atoms with Crippen LogP contribution in [0.2, 0.25) is 0 Å². The van der Waals surface area contributed by atoms with Crippen molar-refractivity contribution in [1.29, 1.82) is 0 Å². The van der Waals surface area contributed by atoms with Crippen molar-refractivity contribution >= 4 is 10.0 Å². The smallest absolute Gasteiger partial charge is 0.262 e. The third kappa shape index (κ3) is 3.33. The summed E-state index contributed by atoms with van der Waals surface area (Å²) in [5.74, 6) is 1.63. The number of nitrogens with two attached hydrogens (primary N) is 1. The van der Waals surface area contributed by atoms with Crippen LogP contribution in [0.3, 0.4) is 0 Å². The molecule has 3 N–H and O–H groups in total. The quantitative estimate of drug-likeness (QED) is 0.865. The van der Waals surface area contributed by atoms with Crippen molar-refractivity contribution < 1.29 is 8.42 Å². The number of hydrogen-bond acceptors (Lipinski definition) is 4. The fraction of sp³-hybridized carbons (Fsp3) is 0.833. The van der Waals surface area contributed by atoms with Crippen molar-refractivity contribution in [2.45, 2.75) is 57.5 Å². The molecule has 0 spiro atoms. The number of aromatic amines is 1. The number of rotatable bonds is 2. The van der Waals surface area contributed by atoms with E-state index in [0.29, 0.717) is 17.2 Å². The van der Waals surface area contributed by atoms with Gasteiger partial charge >= 0.3 is 0 Å². The maximum absolute atomic E-state index is 11.1. The molecule has 1 aromatic heterocycles. The Morgan fingerprint density at radius 3 is 2.21 bits per heavy atom. The molecule has 0 unspecified atom stereocenters. The van der Waals surface area contributed by atoms with Gasteiger partial charge in [0.1, 0.15) is 5.82 Å². The van der Waals surface area contributed by atoms with Gasteiger partial charge in [0.05, 0.1) is 0 Å². The molecule has 1 aliphatic carbocycles. The van der Waals surface area contributed by atoms with Crippen LogP contribution < -0.4 is 5.14 Å². The van der Waals surface area contributed by atoms with Crippen LogP contribution in [0.1, 0.15) is 58.2 Å². The summed E-state index contributed by atoms with van der Waals surface area (Å²) in [5.41, 5.74) is 0.331. The van der Waals surface area contributed by atoms with Gasteiger partial charge in [-0.1, -0.05) is 20.8 Å². The average molecular weight is 286 g/mol. The number of sulfonamides is 1. The maximum Gasteiger partial charge on any atom is 0.282 e. The van der Waals surface area contributed by atoms with E-state index in [1.54, 1.807) is 0 Å². The summed E-state index contributed by atoms with van der Waals surface area (Å²) in [4.78, 5) is 4.01. The molecule has 1 fully saturated rings. The van der Waals surface area contributed by atoms with Crippen molar-refractivity contribution in [3.8, 4) is 0 Å². The first-order valence-electron chi connectivity index (χ1n) is 6.63. The first-order chi connectivity index (χ1) is 8.68. The Balaban J connectivity index is 2.04. The van der Waals surface area contributed by atoms with Crippen molar-refractivity contribution in [3.63, 3.8) is 0 Å². The fourth-order valence-electron chi connectivity index (χ4n) is 2.80. The average Bonchev–Trinajstić information content (AvgIpc) is 2.77. The Hall–Kier alpha value is -0.950. The monoisotopic (exact) mass is 286 g/mol. The van der Waals surface area contributed by atoms with Gasteiger partial charge in [-0.2, -0.15) is 0 Å². The molecule has 6 nitrogen and oxygen atoms in total. The Morgan fingerprint density at radius 2 is 1.79 bits per heavy atom. The van der Waals surface area contributed by atoms with Gasteiger partial charge in [0.25, 0.3) is 15.2 Å². The largest absolute Gasteiger partial charge is 0.282 e. The highest BCUT2D eigenvalue weighted by molar-refractivity contribution is 7.89. The van der Waals surface area contributed by atoms with E-state index in [2.05, 4.69) is 36.0 Å². The highest BCUT2D eigenvalue weighted by Crippen LogP contribution is 2.42. The zero-order valence-corrected chi connectivity index (χ0v) is 12.5. The summed E-state index contributed by atoms with van der Waals surface area (Å²) in [5, 5.41) is 11.1. The highest BCUT2D eigenvalue weighted by atomic mass is 32.2. The lowest BCUT2D eigenvalue weighted by atomic mass is 9.70. The second-order valence-electron chi connectivity index (χ2n) is 6.46. The van der Waals surface area contributed by atoms with Gasteiger partial charge in [0, 0.05) is 5.92 Å². The van der Waals surface area contributed by atoms with E-state index in [4.69, 9.17) is 5.14 Å². The molecule has 1 saturated carbocycles. The Morgan fingerprint density at radius 1 is 1.21 bits per heavy atom. The van der Waals surface area contributed by atoms with E-state index >= 15 is 0 Å². The molecule has 1 aliphatic rings. The van der Waals surface area contributed by atoms with Crippen LogP contribution >= 0.6 is 0 Å².